The van der Waals surface area contributed by atoms with Gasteiger partial charge in [0.05, 0.1) is 6.26 Å². The highest BCUT2D eigenvalue weighted by atomic mass is 16.4. The van der Waals surface area contributed by atoms with Crippen LogP contribution in [0.5, 0.6) is 5.75 Å². The minimum atomic E-state index is -0.723. The summed E-state index contributed by atoms with van der Waals surface area (Å²) in [5.41, 5.74) is 1.35. The van der Waals surface area contributed by atoms with Crippen molar-refractivity contribution in [2.45, 2.75) is 51.2 Å². The van der Waals surface area contributed by atoms with E-state index in [1.807, 2.05) is 11.8 Å². The minimum absolute atomic E-state index is 0.0437. The summed E-state index contributed by atoms with van der Waals surface area (Å²) in [6.07, 6.45) is 5.22. The Balaban J connectivity index is 1.81. The van der Waals surface area contributed by atoms with Gasteiger partial charge in [-0.25, -0.2) is 0 Å². The number of rotatable bonds is 4. The standard InChI is InChI=1S/C20H25NO4/c1-14-10-15(12-17(22)11-14)20(24)21-8-4-2-3-6-16(21)13-18(23)19-7-5-9-25-19/h5,7,9-12,16,18,22-23H,2-4,6,8,13H2,1H3. The van der Waals surface area contributed by atoms with Gasteiger partial charge in [0, 0.05) is 24.6 Å². The van der Waals surface area contributed by atoms with Crippen molar-refractivity contribution in [1.29, 1.82) is 0 Å². The van der Waals surface area contributed by atoms with Gasteiger partial charge < -0.3 is 19.5 Å². The van der Waals surface area contributed by atoms with Gasteiger partial charge >= 0.3 is 0 Å². The number of phenols is 1. The Morgan fingerprint density at radius 2 is 2.16 bits per heavy atom. The lowest BCUT2D eigenvalue weighted by molar-refractivity contribution is 0.0557. The summed E-state index contributed by atoms with van der Waals surface area (Å²) in [5.74, 6) is 0.549. The third kappa shape index (κ3) is 4.23. The van der Waals surface area contributed by atoms with Gasteiger partial charge in [-0.15, -0.1) is 0 Å². The van der Waals surface area contributed by atoms with Crippen LogP contribution in [0, 0.1) is 6.92 Å². The number of furan rings is 1. The summed E-state index contributed by atoms with van der Waals surface area (Å²) in [7, 11) is 0. The number of carbonyl (C=O) groups excluding carboxylic acids is 1. The average molecular weight is 343 g/mol. The van der Waals surface area contributed by atoms with E-state index in [0.717, 1.165) is 31.2 Å². The smallest absolute Gasteiger partial charge is 0.254 e. The lowest BCUT2D eigenvalue weighted by Crippen LogP contribution is -2.41. The zero-order chi connectivity index (χ0) is 17.8. The number of benzene rings is 1. The molecule has 0 saturated carbocycles. The van der Waals surface area contributed by atoms with Gasteiger partial charge in [0.2, 0.25) is 0 Å². The number of carbonyl (C=O) groups is 1. The number of amides is 1. The molecule has 5 heteroatoms. The predicted molar refractivity (Wildman–Crippen MR) is 94.4 cm³/mol. The quantitative estimate of drug-likeness (QED) is 0.885. The molecule has 1 aliphatic rings. The minimum Gasteiger partial charge on any atom is -0.508 e. The molecule has 3 rings (SSSR count). The Hall–Kier alpha value is -2.27. The van der Waals surface area contributed by atoms with E-state index in [0.29, 0.717) is 24.3 Å². The van der Waals surface area contributed by atoms with Crippen molar-refractivity contribution in [3.63, 3.8) is 0 Å². The highest BCUT2D eigenvalue weighted by Gasteiger charge is 2.29. The Labute approximate surface area is 147 Å². The van der Waals surface area contributed by atoms with E-state index in [4.69, 9.17) is 4.42 Å². The lowest BCUT2D eigenvalue weighted by Gasteiger charge is -2.31. The molecule has 2 N–H and O–H groups in total. The van der Waals surface area contributed by atoms with Crippen molar-refractivity contribution in [3.05, 3.63) is 53.5 Å². The van der Waals surface area contributed by atoms with Crippen LogP contribution in [-0.2, 0) is 0 Å². The third-order valence-corrected chi connectivity index (χ3v) is 4.81. The summed E-state index contributed by atoms with van der Waals surface area (Å²) in [6.45, 7) is 2.53. The zero-order valence-electron chi connectivity index (χ0n) is 14.5. The highest BCUT2D eigenvalue weighted by molar-refractivity contribution is 5.95. The van der Waals surface area contributed by atoms with Crippen LogP contribution in [0.2, 0.25) is 0 Å². The fourth-order valence-electron chi connectivity index (χ4n) is 3.60. The molecule has 0 bridgehead atoms. The van der Waals surface area contributed by atoms with Gasteiger partial charge in [-0.2, -0.15) is 0 Å². The highest BCUT2D eigenvalue weighted by Crippen LogP contribution is 2.28. The monoisotopic (exact) mass is 343 g/mol. The summed E-state index contributed by atoms with van der Waals surface area (Å²) in [6, 6.07) is 8.42. The number of phenolic OH excluding ortho intramolecular Hbond substituents is 1. The molecule has 0 spiro atoms. The van der Waals surface area contributed by atoms with Crippen LogP contribution in [0.15, 0.2) is 41.0 Å². The molecule has 1 aromatic carbocycles. The molecule has 134 valence electrons. The van der Waals surface area contributed by atoms with Crippen molar-refractivity contribution in [2.24, 2.45) is 0 Å². The van der Waals surface area contributed by atoms with E-state index in [1.165, 1.54) is 6.07 Å². The maximum absolute atomic E-state index is 13.0. The second-order valence-electron chi connectivity index (χ2n) is 6.83. The molecule has 1 aliphatic heterocycles. The first kappa shape index (κ1) is 17.5. The van der Waals surface area contributed by atoms with Gasteiger partial charge in [-0.05, 0) is 55.7 Å². The van der Waals surface area contributed by atoms with Crippen LogP contribution in [0.1, 0.15) is 59.9 Å². The number of hydrogen-bond donors (Lipinski definition) is 2. The lowest BCUT2D eigenvalue weighted by atomic mass is 10.0. The zero-order valence-corrected chi connectivity index (χ0v) is 14.5. The first-order valence-electron chi connectivity index (χ1n) is 8.87. The normalized spacial score (nSPS) is 19.4. The molecule has 2 aromatic rings. The van der Waals surface area contributed by atoms with Crippen molar-refractivity contribution >= 4 is 5.91 Å². The van der Waals surface area contributed by atoms with Crippen molar-refractivity contribution < 1.29 is 19.4 Å². The first-order chi connectivity index (χ1) is 12.0. The Kier molecular flexibility index (Phi) is 5.43. The van der Waals surface area contributed by atoms with Crippen molar-refractivity contribution in [2.75, 3.05) is 6.54 Å². The molecule has 1 amide bonds. The van der Waals surface area contributed by atoms with E-state index in [-0.39, 0.29) is 17.7 Å². The van der Waals surface area contributed by atoms with Crippen LogP contribution in [0.4, 0.5) is 0 Å². The van der Waals surface area contributed by atoms with Gasteiger partial charge in [0.1, 0.15) is 17.6 Å². The number of hydrogen-bond acceptors (Lipinski definition) is 4. The molecule has 2 unspecified atom stereocenters. The summed E-state index contributed by atoms with van der Waals surface area (Å²) < 4.78 is 5.29. The molecule has 0 aliphatic carbocycles. The average Bonchev–Trinajstić information content (AvgIpc) is 3.01. The van der Waals surface area contributed by atoms with E-state index >= 15 is 0 Å². The van der Waals surface area contributed by atoms with Crippen LogP contribution in [0.3, 0.4) is 0 Å². The molecule has 25 heavy (non-hydrogen) atoms. The Morgan fingerprint density at radius 1 is 1.32 bits per heavy atom. The number of aliphatic hydroxyl groups excluding tert-OH is 1. The maximum atomic E-state index is 13.0. The molecule has 2 heterocycles. The van der Waals surface area contributed by atoms with Crippen molar-refractivity contribution in [1.82, 2.24) is 4.90 Å². The maximum Gasteiger partial charge on any atom is 0.254 e. The summed E-state index contributed by atoms with van der Waals surface area (Å²) in [5, 5.41) is 20.3. The topological polar surface area (TPSA) is 73.9 Å². The number of aliphatic hydroxyl groups is 1. The molecule has 1 saturated heterocycles. The third-order valence-electron chi connectivity index (χ3n) is 4.81. The van der Waals surface area contributed by atoms with Gasteiger partial charge in [0.15, 0.2) is 0 Å². The molecular formula is C20H25NO4. The van der Waals surface area contributed by atoms with Crippen molar-refractivity contribution in [3.8, 4) is 5.75 Å². The molecule has 1 aromatic heterocycles. The van der Waals surface area contributed by atoms with E-state index < -0.39 is 6.10 Å². The van der Waals surface area contributed by atoms with Crippen LogP contribution < -0.4 is 0 Å². The second kappa shape index (κ2) is 7.74. The predicted octanol–water partition coefficient (Wildman–Crippen LogP) is 3.80. The molecule has 1 fully saturated rings. The van der Waals surface area contributed by atoms with Crippen LogP contribution in [-0.4, -0.2) is 33.6 Å². The Bertz CT molecular complexity index is 690. The number of aromatic hydroxyl groups is 1. The molecule has 0 radical (unpaired) electrons. The SMILES string of the molecule is Cc1cc(O)cc(C(=O)N2CCCCCC2CC(O)c2ccco2)c1. The second-order valence-corrected chi connectivity index (χ2v) is 6.83. The van der Waals surface area contributed by atoms with E-state index in [9.17, 15) is 15.0 Å². The van der Waals surface area contributed by atoms with Crippen LogP contribution >= 0.6 is 0 Å². The van der Waals surface area contributed by atoms with Gasteiger partial charge in [0.25, 0.3) is 5.91 Å². The molecule has 2 atom stereocenters. The number of nitrogens with zero attached hydrogens (tertiary/aromatic N) is 1. The summed E-state index contributed by atoms with van der Waals surface area (Å²) >= 11 is 0. The fourth-order valence-corrected chi connectivity index (χ4v) is 3.60. The molecule has 5 nitrogen and oxygen atoms in total. The first-order valence-corrected chi connectivity index (χ1v) is 8.87. The van der Waals surface area contributed by atoms with E-state index in [1.54, 1.807) is 30.5 Å². The van der Waals surface area contributed by atoms with Crippen LogP contribution in [0.25, 0.3) is 0 Å². The van der Waals surface area contributed by atoms with Gasteiger partial charge in [-0.3, -0.25) is 4.79 Å². The Morgan fingerprint density at radius 3 is 2.88 bits per heavy atom. The van der Waals surface area contributed by atoms with Gasteiger partial charge in [-0.1, -0.05) is 12.8 Å². The molecular weight excluding hydrogens is 318 g/mol. The summed E-state index contributed by atoms with van der Waals surface area (Å²) in [4.78, 5) is 14.9. The van der Waals surface area contributed by atoms with E-state index in [2.05, 4.69) is 0 Å². The number of aryl methyl sites for hydroxylation is 1. The fraction of sp³-hybridized carbons (Fsp3) is 0.450. The largest absolute Gasteiger partial charge is 0.508 e. The number of likely N-dealkylation sites (tertiary alicyclic amines) is 1.